The Kier molecular flexibility index (Phi) is 6.82. The van der Waals surface area contributed by atoms with Crippen molar-refractivity contribution in [1.82, 2.24) is 30.4 Å². The third kappa shape index (κ3) is 4.66. The maximum absolute atomic E-state index is 4.80. The molecule has 1 aromatic carbocycles. The van der Waals surface area contributed by atoms with Gasteiger partial charge in [-0.05, 0) is 61.3 Å². The van der Waals surface area contributed by atoms with Gasteiger partial charge in [-0.3, -0.25) is 15.1 Å². The molecule has 2 aliphatic heterocycles. The second-order valence-corrected chi connectivity index (χ2v) is 10.3. The highest BCUT2D eigenvalue weighted by Gasteiger charge is 2.26. The third-order valence-electron chi connectivity index (χ3n) is 7.82. The standard InChI is InChI=1S/C30H36N8/c1-4-21-13-24-27(18-33-19-28(24)38-10-8-37(3)9-11-38)34-29(21)30-25-14-22(6-7-26(25)35-36-30)23-12-20(15-31-5-2)16-32-17-23/h6-7,12,14,16-19,31,34H,4-5,8-11,13,15H2,1-3H3,(H,35,36). The summed E-state index contributed by atoms with van der Waals surface area (Å²) in [5.41, 5.74) is 11.6. The minimum atomic E-state index is 0.816. The van der Waals surface area contributed by atoms with Gasteiger partial charge in [0, 0.05) is 61.6 Å². The van der Waals surface area contributed by atoms with Crippen molar-refractivity contribution in [3.8, 4) is 11.1 Å². The van der Waals surface area contributed by atoms with Gasteiger partial charge in [0.25, 0.3) is 0 Å². The molecule has 3 aromatic heterocycles. The molecule has 0 bridgehead atoms. The summed E-state index contributed by atoms with van der Waals surface area (Å²) in [6.45, 7) is 10.3. The van der Waals surface area contributed by atoms with E-state index in [1.54, 1.807) is 0 Å². The highest BCUT2D eigenvalue weighted by Crippen LogP contribution is 2.40. The first-order chi connectivity index (χ1) is 18.6. The Balaban J connectivity index is 1.36. The van der Waals surface area contributed by atoms with Crippen LogP contribution in [-0.2, 0) is 13.0 Å². The molecule has 0 amide bonds. The number of likely N-dealkylation sites (N-methyl/N-ethyl adjacent to an activating group) is 1. The summed E-state index contributed by atoms with van der Waals surface area (Å²) in [5.74, 6) is 0. The molecule has 1 fully saturated rings. The fourth-order valence-electron chi connectivity index (χ4n) is 5.54. The van der Waals surface area contributed by atoms with E-state index >= 15 is 0 Å². The molecule has 0 unspecified atom stereocenters. The molecule has 38 heavy (non-hydrogen) atoms. The second-order valence-electron chi connectivity index (χ2n) is 10.3. The predicted molar refractivity (Wildman–Crippen MR) is 155 cm³/mol. The van der Waals surface area contributed by atoms with Gasteiger partial charge in [-0.25, -0.2) is 0 Å². The van der Waals surface area contributed by atoms with E-state index in [9.17, 15) is 0 Å². The van der Waals surface area contributed by atoms with Crippen LogP contribution in [0.2, 0.25) is 0 Å². The minimum absolute atomic E-state index is 0.816. The van der Waals surface area contributed by atoms with Crippen molar-refractivity contribution < 1.29 is 0 Å². The Morgan fingerprint density at radius 1 is 0.947 bits per heavy atom. The normalized spacial score (nSPS) is 16.1. The molecule has 0 radical (unpaired) electrons. The maximum atomic E-state index is 4.80. The first-order valence-electron chi connectivity index (χ1n) is 13.7. The van der Waals surface area contributed by atoms with Crippen molar-refractivity contribution in [2.75, 3.05) is 50.0 Å². The van der Waals surface area contributed by atoms with Crippen LogP contribution >= 0.6 is 0 Å². The van der Waals surface area contributed by atoms with Gasteiger partial charge in [-0.1, -0.05) is 19.9 Å². The van der Waals surface area contributed by atoms with Gasteiger partial charge in [0.2, 0.25) is 0 Å². The second kappa shape index (κ2) is 10.6. The van der Waals surface area contributed by atoms with Gasteiger partial charge in [0.1, 0.15) is 5.69 Å². The predicted octanol–water partition coefficient (Wildman–Crippen LogP) is 4.67. The Hall–Kier alpha value is -3.75. The van der Waals surface area contributed by atoms with Gasteiger partial charge in [-0.15, -0.1) is 0 Å². The van der Waals surface area contributed by atoms with E-state index in [0.717, 1.165) is 91.2 Å². The van der Waals surface area contributed by atoms with Crippen LogP contribution in [0.1, 0.15) is 37.1 Å². The lowest BCUT2D eigenvalue weighted by molar-refractivity contribution is 0.312. The molecule has 0 saturated carbocycles. The Morgan fingerprint density at radius 2 is 1.79 bits per heavy atom. The first-order valence-corrected chi connectivity index (χ1v) is 13.7. The van der Waals surface area contributed by atoms with Crippen LogP contribution in [0.15, 0.2) is 54.6 Å². The molecule has 0 aliphatic carbocycles. The van der Waals surface area contributed by atoms with Crippen LogP contribution in [-0.4, -0.2) is 64.8 Å². The summed E-state index contributed by atoms with van der Waals surface area (Å²) in [7, 11) is 2.19. The van der Waals surface area contributed by atoms with E-state index in [1.807, 2.05) is 24.8 Å². The number of H-pyrrole nitrogens is 1. The summed E-state index contributed by atoms with van der Waals surface area (Å²) in [5, 5.41) is 16.3. The molecule has 8 heteroatoms. The molecule has 4 aromatic rings. The lowest BCUT2D eigenvalue weighted by Gasteiger charge is -2.36. The zero-order valence-corrected chi connectivity index (χ0v) is 22.5. The summed E-state index contributed by atoms with van der Waals surface area (Å²) in [4.78, 5) is 14.0. The van der Waals surface area contributed by atoms with Crippen LogP contribution in [0.25, 0.3) is 27.7 Å². The molecule has 0 atom stereocenters. The monoisotopic (exact) mass is 508 g/mol. The van der Waals surface area contributed by atoms with E-state index in [0.29, 0.717) is 0 Å². The molecular weight excluding hydrogens is 472 g/mol. The lowest BCUT2D eigenvalue weighted by atomic mass is 9.92. The molecule has 8 nitrogen and oxygen atoms in total. The van der Waals surface area contributed by atoms with Crippen molar-refractivity contribution >= 4 is 28.0 Å². The van der Waals surface area contributed by atoms with E-state index < -0.39 is 0 Å². The summed E-state index contributed by atoms with van der Waals surface area (Å²) in [6.07, 6.45) is 9.73. The number of rotatable bonds is 7. The Bertz CT molecular complexity index is 1480. The average molecular weight is 509 g/mol. The van der Waals surface area contributed by atoms with Crippen molar-refractivity contribution in [3.63, 3.8) is 0 Å². The average Bonchev–Trinajstić information content (AvgIpc) is 3.39. The molecule has 2 aliphatic rings. The van der Waals surface area contributed by atoms with Gasteiger partial charge in [-0.2, -0.15) is 5.10 Å². The number of aromatic amines is 1. The zero-order valence-electron chi connectivity index (χ0n) is 22.5. The van der Waals surface area contributed by atoms with Gasteiger partial charge in [0.15, 0.2) is 0 Å². The smallest absolute Gasteiger partial charge is 0.116 e. The topological polar surface area (TPSA) is 85.0 Å². The maximum Gasteiger partial charge on any atom is 0.116 e. The number of nitrogens with zero attached hydrogens (tertiary/aromatic N) is 5. The van der Waals surface area contributed by atoms with E-state index in [1.165, 1.54) is 22.4 Å². The van der Waals surface area contributed by atoms with Gasteiger partial charge < -0.3 is 20.4 Å². The SMILES string of the molecule is CCNCc1cncc(-c2ccc3[nH]nc(C4=C(CC)Cc5c(cncc5N5CCN(C)CC5)N4)c3c2)c1. The van der Waals surface area contributed by atoms with E-state index in [-0.39, 0.29) is 0 Å². The molecule has 6 rings (SSSR count). The fraction of sp³-hybridized carbons (Fsp3) is 0.367. The molecule has 5 heterocycles. The third-order valence-corrected chi connectivity index (χ3v) is 7.82. The highest BCUT2D eigenvalue weighted by molar-refractivity contribution is 5.97. The Labute approximate surface area is 224 Å². The molecule has 196 valence electrons. The van der Waals surface area contributed by atoms with Gasteiger partial charge in [0.05, 0.1) is 35.0 Å². The number of piperazine rings is 1. The van der Waals surface area contributed by atoms with Gasteiger partial charge >= 0.3 is 0 Å². The molecule has 0 spiro atoms. The number of aromatic nitrogens is 4. The number of fused-ring (bicyclic) bond motifs is 2. The summed E-state index contributed by atoms with van der Waals surface area (Å²) < 4.78 is 0. The molecular formula is C30H36N8. The van der Waals surface area contributed by atoms with Crippen LogP contribution in [0.4, 0.5) is 11.4 Å². The van der Waals surface area contributed by atoms with Crippen LogP contribution < -0.4 is 15.5 Å². The number of nitrogens with one attached hydrogen (secondary N) is 3. The van der Waals surface area contributed by atoms with Crippen LogP contribution in [0, 0.1) is 0 Å². The van der Waals surface area contributed by atoms with Crippen molar-refractivity contribution in [1.29, 1.82) is 0 Å². The number of hydrogen-bond acceptors (Lipinski definition) is 7. The van der Waals surface area contributed by atoms with Crippen molar-refractivity contribution in [3.05, 3.63) is 71.4 Å². The fourth-order valence-corrected chi connectivity index (χ4v) is 5.54. The number of anilines is 2. The number of hydrogen-bond donors (Lipinski definition) is 3. The number of pyridine rings is 2. The quantitative estimate of drug-likeness (QED) is 0.335. The summed E-state index contributed by atoms with van der Waals surface area (Å²) >= 11 is 0. The number of benzene rings is 1. The molecule has 3 N–H and O–H groups in total. The molecule has 1 saturated heterocycles. The largest absolute Gasteiger partial charge is 0.367 e. The van der Waals surface area contributed by atoms with E-state index in [2.05, 4.69) is 80.7 Å². The first kappa shape index (κ1) is 24.6. The lowest BCUT2D eigenvalue weighted by Crippen LogP contribution is -2.45. The van der Waals surface area contributed by atoms with Crippen LogP contribution in [0.5, 0.6) is 0 Å². The minimum Gasteiger partial charge on any atom is -0.367 e. The van der Waals surface area contributed by atoms with Crippen molar-refractivity contribution in [2.45, 2.75) is 33.2 Å². The Morgan fingerprint density at radius 3 is 2.61 bits per heavy atom. The highest BCUT2D eigenvalue weighted by atomic mass is 15.3. The van der Waals surface area contributed by atoms with Crippen LogP contribution in [0.3, 0.4) is 0 Å². The summed E-state index contributed by atoms with van der Waals surface area (Å²) in [6, 6.07) is 8.71. The number of allylic oxidation sites excluding steroid dienone is 1. The zero-order chi connectivity index (χ0) is 26.1. The van der Waals surface area contributed by atoms with Crippen molar-refractivity contribution in [2.24, 2.45) is 0 Å². The van der Waals surface area contributed by atoms with E-state index in [4.69, 9.17) is 5.10 Å².